The van der Waals surface area contributed by atoms with Gasteiger partial charge in [0.2, 0.25) is 0 Å². The van der Waals surface area contributed by atoms with Gasteiger partial charge in [-0.1, -0.05) is 37.0 Å². The molecule has 0 spiro atoms. The van der Waals surface area contributed by atoms with Gasteiger partial charge in [-0.15, -0.1) is 0 Å². The van der Waals surface area contributed by atoms with Crippen LogP contribution in [0.5, 0.6) is 0 Å². The third kappa shape index (κ3) is 1.95. The van der Waals surface area contributed by atoms with Crippen LogP contribution in [0.4, 0.5) is 0 Å². The van der Waals surface area contributed by atoms with Crippen molar-refractivity contribution in [3.8, 4) is 0 Å². The molecule has 0 aromatic carbocycles. The molecule has 0 N–H and O–H groups in total. The summed E-state index contributed by atoms with van der Waals surface area (Å²) in [6.45, 7) is 0. The molecule has 4 fully saturated rings. The maximum Gasteiger partial charge on any atom is 2.00 e. The maximum atomic E-state index is 1.93. The van der Waals surface area contributed by atoms with E-state index in [-0.39, 0.29) is 47.0 Å². The fourth-order valence-electron chi connectivity index (χ4n) is 3.68. The van der Waals surface area contributed by atoms with Crippen molar-refractivity contribution in [2.75, 3.05) is 0 Å². The Balaban J connectivity index is 0.000000360. The standard InChI is InChI=1S/C10H15.HI.Mg/c1-7-2-9-4-8(1)5-10(3-7)6-9;;/h7-9H,1-6H2;1H;/q-1;;+2/p-1. The van der Waals surface area contributed by atoms with Crippen molar-refractivity contribution in [1.82, 2.24) is 0 Å². The molecule has 0 aliphatic heterocycles. The summed E-state index contributed by atoms with van der Waals surface area (Å²) in [6, 6.07) is 0. The van der Waals surface area contributed by atoms with E-state index in [0.717, 1.165) is 17.8 Å². The van der Waals surface area contributed by atoms with E-state index in [9.17, 15) is 0 Å². The summed E-state index contributed by atoms with van der Waals surface area (Å²) in [5.41, 5.74) is 0. The van der Waals surface area contributed by atoms with E-state index < -0.39 is 0 Å². The van der Waals surface area contributed by atoms with Crippen LogP contribution in [0.15, 0.2) is 0 Å². The molecule has 0 amide bonds. The second-order valence-electron chi connectivity index (χ2n) is 4.67. The minimum atomic E-state index is 0. The van der Waals surface area contributed by atoms with E-state index in [1.165, 1.54) is 19.3 Å². The van der Waals surface area contributed by atoms with Crippen LogP contribution in [0, 0.1) is 23.7 Å². The third-order valence-corrected chi connectivity index (χ3v) is 3.73. The zero-order chi connectivity index (χ0) is 6.55. The van der Waals surface area contributed by atoms with Crippen LogP contribution < -0.4 is 24.0 Å². The first-order valence-corrected chi connectivity index (χ1v) is 4.73. The second kappa shape index (κ2) is 4.34. The van der Waals surface area contributed by atoms with Gasteiger partial charge in [0.1, 0.15) is 0 Å². The maximum absolute atomic E-state index is 1.93. The van der Waals surface area contributed by atoms with E-state index in [1.807, 2.05) is 5.92 Å². The normalized spacial score (nSPS) is 43.5. The summed E-state index contributed by atoms with van der Waals surface area (Å²) in [4.78, 5) is 0. The Labute approximate surface area is 108 Å². The molecular formula is C10H15IMg. The number of rotatable bonds is 0. The topological polar surface area (TPSA) is 0 Å². The fourth-order valence-corrected chi connectivity index (χ4v) is 3.68. The Morgan fingerprint density at radius 3 is 1.33 bits per heavy atom. The summed E-state index contributed by atoms with van der Waals surface area (Å²) in [5, 5.41) is 0. The zero-order valence-corrected chi connectivity index (χ0v) is 11.1. The predicted octanol–water partition coefficient (Wildman–Crippen LogP) is -0.586. The SMILES string of the molecule is C1[C-]2CC3CC1CC(C2)C3.[I-].[Mg+2]. The smallest absolute Gasteiger partial charge is 1.00 e. The van der Waals surface area contributed by atoms with E-state index >= 15 is 0 Å². The van der Waals surface area contributed by atoms with Crippen molar-refractivity contribution in [3.05, 3.63) is 5.92 Å². The zero-order valence-electron chi connectivity index (χ0n) is 7.56. The van der Waals surface area contributed by atoms with Crippen LogP contribution in [0.25, 0.3) is 0 Å². The number of hydrogen-bond acceptors (Lipinski definition) is 0. The molecule has 12 heavy (non-hydrogen) atoms. The molecule has 0 heterocycles. The molecule has 4 aliphatic carbocycles. The van der Waals surface area contributed by atoms with Crippen LogP contribution in [-0.4, -0.2) is 23.1 Å². The van der Waals surface area contributed by atoms with Gasteiger partial charge in [-0.25, -0.2) is 0 Å². The molecule has 4 rings (SSSR count). The molecule has 2 heteroatoms. The number of hydrogen-bond donors (Lipinski definition) is 0. The first kappa shape index (κ1) is 11.6. The van der Waals surface area contributed by atoms with E-state index in [2.05, 4.69) is 0 Å². The fraction of sp³-hybridized carbons (Fsp3) is 0.900. The predicted molar refractivity (Wildman–Crippen MR) is 47.2 cm³/mol. The van der Waals surface area contributed by atoms with Crippen molar-refractivity contribution in [2.45, 2.75) is 38.5 Å². The van der Waals surface area contributed by atoms with Gasteiger partial charge >= 0.3 is 23.1 Å². The first-order valence-electron chi connectivity index (χ1n) is 4.73. The van der Waals surface area contributed by atoms with Crippen LogP contribution >= 0.6 is 0 Å². The van der Waals surface area contributed by atoms with E-state index in [0.29, 0.717) is 0 Å². The van der Waals surface area contributed by atoms with Crippen LogP contribution in [0.2, 0.25) is 0 Å². The van der Waals surface area contributed by atoms with Crippen LogP contribution in [0.1, 0.15) is 38.5 Å². The van der Waals surface area contributed by atoms with Crippen molar-refractivity contribution in [3.63, 3.8) is 0 Å². The molecule has 4 bridgehead atoms. The van der Waals surface area contributed by atoms with E-state index in [4.69, 9.17) is 0 Å². The molecule has 0 aromatic rings. The Kier molecular flexibility index (Phi) is 4.19. The van der Waals surface area contributed by atoms with Crippen molar-refractivity contribution in [2.24, 2.45) is 17.8 Å². The summed E-state index contributed by atoms with van der Waals surface area (Å²) >= 11 is 0. The van der Waals surface area contributed by atoms with E-state index in [1.54, 1.807) is 19.3 Å². The van der Waals surface area contributed by atoms with Gasteiger partial charge in [-0.2, -0.15) is 19.3 Å². The number of halogens is 1. The minimum absolute atomic E-state index is 0. The van der Waals surface area contributed by atoms with Crippen molar-refractivity contribution >= 4 is 23.1 Å². The average molecular weight is 286 g/mol. The molecule has 0 saturated heterocycles. The van der Waals surface area contributed by atoms with Gasteiger partial charge in [0.05, 0.1) is 0 Å². The van der Waals surface area contributed by atoms with Gasteiger partial charge in [-0.3, -0.25) is 0 Å². The Morgan fingerprint density at radius 2 is 1.08 bits per heavy atom. The molecule has 0 atom stereocenters. The molecule has 0 unspecified atom stereocenters. The van der Waals surface area contributed by atoms with Gasteiger partial charge in [-0.05, 0) is 0 Å². The molecular weight excluding hydrogens is 271 g/mol. The van der Waals surface area contributed by atoms with Gasteiger partial charge in [0.15, 0.2) is 0 Å². The molecule has 4 saturated carbocycles. The summed E-state index contributed by atoms with van der Waals surface area (Å²) in [7, 11) is 0. The van der Waals surface area contributed by atoms with Gasteiger partial charge < -0.3 is 29.9 Å². The summed E-state index contributed by atoms with van der Waals surface area (Å²) < 4.78 is 0. The Bertz CT molecular complexity index is 101. The van der Waals surface area contributed by atoms with Gasteiger partial charge in [0, 0.05) is 0 Å². The summed E-state index contributed by atoms with van der Waals surface area (Å²) in [5.74, 6) is 5.35. The minimum Gasteiger partial charge on any atom is -1.00 e. The molecule has 0 aromatic heterocycles. The molecule has 4 aliphatic rings. The first-order chi connectivity index (χ1) is 4.90. The molecule has 0 radical (unpaired) electrons. The second-order valence-corrected chi connectivity index (χ2v) is 4.67. The van der Waals surface area contributed by atoms with Crippen molar-refractivity contribution < 1.29 is 24.0 Å². The average Bonchev–Trinajstić information content (AvgIpc) is 1.82. The Morgan fingerprint density at radius 1 is 0.750 bits per heavy atom. The third-order valence-electron chi connectivity index (χ3n) is 3.73. The van der Waals surface area contributed by atoms with Crippen LogP contribution in [-0.2, 0) is 0 Å². The van der Waals surface area contributed by atoms with Crippen LogP contribution in [0.3, 0.4) is 0 Å². The summed E-state index contributed by atoms with van der Waals surface area (Å²) in [6.07, 6.45) is 9.31. The quantitative estimate of drug-likeness (QED) is 0.317. The van der Waals surface area contributed by atoms with Gasteiger partial charge in [0.25, 0.3) is 0 Å². The molecule has 64 valence electrons. The molecule has 0 nitrogen and oxygen atoms in total. The van der Waals surface area contributed by atoms with Crippen molar-refractivity contribution in [1.29, 1.82) is 0 Å². The Hall–Kier alpha value is 1.50. The largest absolute Gasteiger partial charge is 2.00 e. The monoisotopic (exact) mass is 286 g/mol.